The van der Waals surface area contributed by atoms with Gasteiger partial charge in [0.05, 0.1) is 5.41 Å². The molecule has 1 fully saturated rings. The lowest BCUT2D eigenvalue weighted by Crippen LogP contribution is -2.53. The molecule has 3 atom stereocenters. The molecule has 0 heterocycles. The molecule has 118 valence electrons. The molecular formula is C18H23ClN2O. The van der Waals surface area contributed by atoms with Crippen molar-refractivity contribution >= 4 is 17.5 Å². The van der Waals surface area contributed by atoms with Crippen molar-refractivity contribution in [3.63, 3.8) is 0 Å². The van der Waals surface area contributed by atoms with Crippen molar-refractivity contribution in [3.8, 4) is 0 Å². The SMILES string of the molecule is C=CCC1CCC1(CC=C)C(=O)NC(N)c1cccc(Cl)c1. The number of halogens is 1. The minimum atomic E-state index is -0.558. The summed E-state index contributed by atoms with van der Waals surface area (Å²) in [6, 6.07) is 7.24. The summed E-state index contributed by atoms with van der Waals surface area (Å²) in [6.07, 6.45) is 6.56. The van der Waals surface area contributed by atoms with Gasteiger partial charge in [-0.3, -0.25) is 4.79 Å². The molecule has 4 heteroatoms. The van der Waals surface area contributed by atoms with E-state index in [1.165, 1.54) is 0 Å². The van der Waals surface area contributed by atoms with E-state index in [1.54, 1.807) is 12.1 Å². The molecule has 1 saturated carbocycles. The average molecular weight is 319 g/mol. The van der Waals surface area contributed by atoms with Gasteiger partial charge in [-0.05, 0) is 49.3 Å². The van der Waals surface area contributed by atoms with Gasteiger partial charge in [0.15, 0.2) is 0 Å². The van der Waals surface area contributed by atoms with E-state index in [9.17, 15) is 4.79 Å². The van der Waals surface area contributed by atoms with Crippen LogP contribution in [0.5, 0.6) is 0 Å². The maximum atomic E-state index is 12.8. The largest absolute Gasteiger partial charge is 0.336 e. The predicted octanol–water partition coefficient (Wildman–Crippen LogP) is 3.96. The summed E-state index contributed by atoms with van der Waals surface area (Å²) in [4.78, 5) is 12.8. The highest BCUT2D eigenvalue weighted by molar-refractivity contribution is 6.30. The van der Waals surface area contributed by atoms with Crippen LogP contribution in [0.3, 0.4) is 0 Å². The zero-order valence-electron chi connectivity index (χ0n) is 12.7. The van der Waals surface area contributed by atoms with Gasteiger partial charge >= 0.3 is 0 Å². The van der Waals surface area contributed by atoms with Gasteiger partial charge in [-0.2, -0.15) is 0 Å². The number of nitrogens with two attached hydrogens (primary N) is 1. The fourth-order valence-corrected chi connectivity index (χ4v) is 3.43. The van der Waals surface area contributed by atoms with E-state index in [0.717, 1.165) is 24.8 Å². The Balaban J connectivity index is 2.11. The first kappa shape index (κ1) is 16.8. The number of hydrogen-bond donors (Lipinski definition) is 2. The van der Waals surface area contributed by atoms with Gasteiger partial charge in [0.25, 0.3) is 0 Å². The molecule has 0 radical (unpaired) electrons. The molecule has 0 saturated heterocycles. The Morgan fingerprint density at radius 2 is 2.27 bits per heavy atom. The van der Waals surface area contributed by atoms with Crippen molar-refractivity contribution < 1.29 is 4.79 Å². The second kappa shape index (κ2) is 7.12. The van der Waals surface area contributed by atoms with Gasteiger partial charge in [-0.25, -0.2) is 0 Å². The summed E-state index contributed by atoms with van der Waals surface area (Å²) in [7, 11) is 0. The van der Waals surface area contributed by atoms with Crippen molar-refractivity contribution in [1.82, 2.24) is 5.32 Å². The van der Waals surface area contributed by atoms with Crippen LogP contribution in [0.15, 0.2) is 49.6 Å². The number of carbonyl (C=O) groups is 1. The van der Waals surface area contributed by atoms with E-state index in [4.69, 9.17) is 17.3 Å². The normalized spacial score (nSPS) is 24.9. The molecule has 3 unspecified atom stereocenters. The van der Waals surface area contributed by atoms with E-state index in [-0.39, 0.29) is 5.91 Å². The smallest absolute Gasteiger partial charge is 0.228 e. The molecule has 3 nitrogen and oxygen atoms in total. The molecule has 1 aliphatic rings. The Hall–Kier alpha value is -1.58. The van der Waals surface area contributed by atoms with Crippen LogP contribution in [0.4, 0.5) is 0 Å². The average Bonchev–Trinajstić information content (AvgIpc) is 2.48. The van der Waals surface area contributed by atoms with Crippen LogP contribution in [0.2, 0.25) is 5.02 Å². The Kier molecular flexibility index (Phi) is 5.43. The highest BCUT2D eigenvalue weighted by atomic mass is 35.5. The third-order valence-corrected chi connectivity index (χ3v) is 4.86. The number of amides is 1. The molecule has 1 aliphatic carbocycles. The molecule has 1 aromatic rings. The van der Waals surface area contributed by atoms with Gasteiger partial charge in [-0.15, -0.1) is 13.2 Å². The fraction of sp³-hybridized carbons (Fsp3) is 0.389. The Bertz CT molecular complexity index is 572. The summed E-state index contributed by atoms with van der Waals surface area (Å²) in [5.74, 6) is 0.313. The summed E-state index contributed by atoms with van der Waals surface area (Å²) in [6.45, 7) is 7.59. The number of carbonyl (C=O) groups excluding carboxylic acids is 1. The molecule has 22 heavy (non-hydrogen) atoms. The number of rotatable bonds is 7. The highest BCUT2D eigenvalue weighted by Crippen LogP contribution is 2.51. The zero-order valence-corrected chi connectivity index (χ0v) is 13.5. The first-order valence-electron chi connectivity index (χ1n) is 7.57. The number of nitrogens with one attached hydrogen (secondary N) is 1. The molecular weight excluding hydrogens is 296 g/mol. The van der Waals surface area contributed by atoms with Gasteiger partial charge < -0.3 is 11.1 Å². The standard InChI is InChI=1S/C18H23ClN2O/c1-3-6-14-9-11-18(14,10-4-2)17(22)21-16(20)13-7-5-8-15(19)12-13/h3-5,7-8,12,14,16H,1-2,6,9-11,20H2,(H,21,22). The number of benzene rings is 1. The van der Waals surface area contributed by atoms with E-state index < -0.39 is 11.6 Å². The molecule has 1 aromatic carbocycles. The molecule has 0 aliphatic heterocycles. The van der Waals surface area contributed by atoms with Crippen molar-refractivity contribution in [2.45, 2.75) is 31.8 Å². The van der Waals surface area contributed by atoms with E-state index in [1.807, 2.05) is 24.3 Å². The van der Waals surface area contributed by atoms with Crippen LogP contribution in [-0.2, 0) is 4.79 Å². The summed E-state index contributed by atoms with van der Waals surface area (Å²) in [5, 5.41) is 3.55. The maximum absolute atomic E-state index is 12.8. The third-order valence-electron chi connectivity index (χ3n) is 4.63. The van der Waals surface area contributed by atoms with Crippen molar-refractivity contribution in [2.24, 2.45) is 17.1 Å². The first-order chi connectivity index (χ1) is 10.5. The summed E-state index contributed by atoms with van der Waals surface area (Å²) < 4.78 is 0. The van der Waals surface area contributed by atoms with E-state index in [2.05, 4.69) is 18.5 Å². The minimum Gasteiger partial charge on any atom is -0.336 e. The predicted molar refractivity (Wildman–Crippen MR) is 91.3 cm³/mol. The number of hydrogen-bond acceptors (Lipinski definition) is 2. The van der Waals surface area contributed by atoms with E-state index >= 15 is 0 Å². The van der Waals surface area contributed by atoms with Gasteiger partial charge in [0.2, 0.25) is 5.91 Å². The van der Waals surface area contributed by atoms with Crippen molar-refractivity contribution in [1.29, 1.82) is 0 Å². The maximum Gasteiger partial charge on any atom is 0.228 e. The molecule has 0 aromatic heterocycles. The Labute approximate surface area is 137 Å². The topological polar surface area (TPSA) is 55.1 Å². The quantitative estimate of drug-likeness (QED) is 0.590. The van der Waals surface area contributed by atoms with Gasteiger partial charge in [0.1, 0.15) is 6.17 Å². The lowest BCUT2D eigenvalue weighted by atomic mass is 9.56. The van der Waals surface area contributed by atoms with Crippen LogP contribution < -0.4 is 11.1 Å². The molecule has 2 rings (SSSR count). The zero-order chi connectivity index (χ0) is 16.2. The lowest BCUT2D eigenvalue weighted by Gasteiger charge is -2.48. The Morgan fingerprint density at radius 3 is 2.82 bits per heavy atom. The monoisotopic (exact) mass is 318 g/mol. The van der Waals surface area contributed by atoms with E-state index in [0.29, 0.717) is 17.4 Å². The van der Waals surface area contributed by atoms with Gasteiger partial charge in [-0.1, -0.05) is 35.9 Å². The molecule has 0 spiro atoms. The molecule has 0 bridgehead atoms. The number of allylic oxidation sites excluding steroid dienone is 2. The van der Waals surface area contributed by atoms with Crippen molar-refractivity contribution in [2.75, 3.05) is 0 Å². The first-order valence-corrected chi connectivity index (χ1v) is 7.95. The summed E-state index contributed by atoms with van der Waals surface area (Å²) in [5.41, 5.74) is 6.52. The second-order valence-electron chi connectivity index (χ2n) is 5.92. The van der Waals surface area contributed by atoms with Crippen LogP contribution in [0.1, 0.15) is 37.4 Å². The summed E-state index contributed by atoms with van der Waals surface area (Å²) >= 11 is 5.98. The van der Waals surface area contributed by atoms with Crippen LogP contribution in [-0.4, -0.2) is 5.91 Å². The highest BCUT2D eigenvalue weighted by Gasteiger charge is 2.50. The van der Waals surface area contributed by atoms with Gasteiger partial charge in [0, 0.05) is 5.02 Å². The van der Waals surface area contributed by atoms with Crippen LogP contribution >= 0.6 is 11.6 Å². The second-order valence-corrected chi connectivity index (χ2v) is 6.35. The third kappa shape index (κ3) is 3.26. The Morgan fingerprint density at radius 1 is 1.50 bits per heavy atom. The minimum absolute atomic E-state index is 0.00187. The molecule has 1 amide bonds. The van der Waals surface area contributed by atoms with Crippen LogP contribution in [0.25, 0.3) is 0 Å². The molecule has 3 N–H and O–H groups in total. The van der Waals surface area contributed by atoms with Crippen molar-refractivity contribution in [3.05, 3.63) is 60.2 Å². The fourth-order valence-electron chi connectivity index (χ4n) is 3.23. The van der Waals surface area contributed by atoms with Crippen LogP contribution in [0, 0.1) is 11.3 Å². The lowest BCUT2D eigenvalue weighted by molar-refractivity contribution is -0.142.